The molecule has 0 fully saturated rings. The number of hydrogen-bond donors (Lipinski definition) is 1. The van der Waals surface area contributed by atoms with Crippen molar-refractivity contribution in [1.29, 1.82) is 0 Å². The maximum Gasteiger partial charge on any atom is 0.405 e. The number of benzene rings is 1. The molecule has 0 spiro atoms. The molecule has 5 nitrogen and oxygen atoms in total. The fraction of sp³-hybridized carbons (Fsp3) is 0.267. The first-order valence-electron chi connectivity index (χ1n) is 7.02. The lowest BCUT2D eigenvalue weighted by Crippen LogP contribution is -2.33. The third kappa shape index (κ3) is 5.28. The van der Waals surface area contributed by atoms with E-state index >= 15 is 0 Å². The molecule has 1 heterocycles. The molecule has 1 amide bonds. The molecule has 2 aromatic rings. The van der Waals surface area contributed by atoms with E-state index in [-0.39, 0.29) is 17.0 Å². The molecule has 0 atom stereocenters. The van der Waals surface area contributed by atoms with E-state index in [1.165, 1.54) is 42.6 Å². The number of amides is 1. The van der Waals surface area contributed by atoms with Gasteiger partial charge in [-0.2, -0.15) is 28.8 Å². The number of alkyl halides is 3. The molecule has 0 saturated carbocycles. The van der Waals surface area contributed by atoms with Crippen molar-refractivity contribution in [2.24, 2.45) is 0 Å². The molecular formula is C15H15F3N2O3S2. The third-order valence-corrected chi connectivity index (χ3v) is 5.81. The minimum absolute atomic E-state index is 0.0439. The summed E-state index contributed by atoms with van der Waals surface area (Å²) in [6, 6.07) is 6.56. The Morgan fingerprint density at radius 2 is 1.84 bits per heavy atom. The highest BCUT2D eigenvalue weighted by molar-refractivity contribution is 7.89. The van der Waals surface area contributed by atoms with E-state index in [1.54, 1.807) is 5.32 Å². The lowest BCUT2D eigenvalue weighted by molar-refractivity contribution is -0.123. The number of nitrogens with one attached hydrogen (secondary N) is 1. The Morgan fingerprint density at radius 1 is 1.20 bits per heavy atom. The van der Waals surface area contributed by atoms with Gasteiger partial charge in [0, 0.05) is 19.2 Å². The van der Waals surface area contributed by atoms with Gasteiger partial charge in [-0.3, -0.25) is 4.79 Å². The van der Waals surface area contributed by atoms with Gasteiger partial charge in [0.15, 0.2) is 0 Å². The highest BCUT2D eigenvalue weighted by Gasteiger charge is 2.28. The average molecular weight is 392 g/mol. The number of sulfonamides is 1. The van der Waals surface area contributed by atoms with Crippen molar-refractivity contribution in [3.05, 3.63) is 52.2 Å². The molecule has 0 aliphatic carbocycles. The SMILES string of the molecule is CN(Cc1ccsc1)S(=O)(=O)c1ccc(C(=O)NCC(F)(F)F)cc1. The minimum Gasteiger partial charge on any atom is -0.343 e. The van der Waals surface area contributed by atoms with Crippen LogP contribution in [0.3, 0.4) is 0 Å². The normalized spacial score (nSPS) is 12.4. The van der Waals surface area contributed by atoms with Crippen molar-refractivity contribution in [3.63, 3.8) is 0 Å². The van der Waals surface area contributed by atoms with E-state index in [4.69, 9.17) is 0 Å². The summed E-state index contributed by atoms with van der Waals surface area (Å²) in [5.74, 6) is -0.923. The first kappa shape index (κ1) is 19.4. The topological polar surface area (TPSA) is 66.5 Å². The molecule has 1 aromatic heterocycles. The molecule has 0 aliphatic heterocycles. The van der Waals surface area contributed by atoms with Crippen LogP contribution in [0, 0.1) is 0 Å². The summed E-state index contributed by atoms with van der Waals surface area (Å²) in [4.78, 5) is 11.6. The fourth-order valence-corrected chi connectivity index (χ4v) is 3.78. The van der Waals surface area contributed by atoms with Gasteiger partial charge in [-0.15, -0.1) is 0 Å². The highest BCUT2D eigenvalue weighted by Crippen LogP contribution is 2.19. The largest absolute Gasteiger partial charge is 0.405 e. The summed E-state index contributed by atoms with van der Waals surface area (Å²) in [7, 11) is -2.34. The molecule has 10 heteroatoms. The van der Waals surface area contributed by atoms with Crippen LogP contribution in [-0.4, -0.2) is 38.4 Å². The molecule has 136 valence electrons. The first-order chi connectivity index (χ1) is 11.6. The van der Waals surface area contributed by atoms with Crippen LogP contribution in [-0.2, 0) is 16.6 Å². The quantitative estimate of drug-likeness (QED) is 0.822. The highest BCUT2D eigenvalue weighted by atomic mass is 32.2. The van der Waals surface area contributed by atoms with Gasteiger partial charge in [0.05, 0.1) is 4.90 Å². The molecule has 0 bridgehead atoms. The van der Waals surface area contributed by atoms with Crippen LogP contribution in [0.1, 0.15) is 15.9 Å². The standard InChI is InChI=1S/C15H15F3N2O3S2/c1-20(8-11-6-7-24-9-11)25(22,23)13-4-2-12(3-5-13)14(21)19-10-15(16,17)18/h2-7,9H,8,10H2,1H3,(H,19,21). The number of thiophene rings is 1. The zero-order valence-electron chi connectivity index (χ0n) is 13.1. The Labute approximate surface area is 147 Å². The van der Waals surface area contributed by atoms with Crippen LogP contribution in [0.4, 0.5) is 13.2 Å². The second-order valence-corrected chi connectivity index (χ2v) is 8.04. The summed E-state index contributed by atoms with van der Waals surface area (Å²) in [5, 5.41) is 5.40. The number of halogens is 3. The first-order valence-corrected chi connectivity index (χ1v) is 9.40. The number of carbonyl (C=O) groups excluding carboxylic acids is 1. The summed E-state index contributed by atoms with van der Waals surface area (Å²) >= 11 is 1.45. The molecule has 0 unspecified atom stereocenters. The van der Waals surface area contributed by atoms with Gasteiger partial charge in [0.25, 0.3) is 5.91 Å². The van der Waals surface area contributed by atoms with Gasteiger partial charge in [-0.25, -0.2) is 8.42 Å². The molecule has 0 saturated heterocycles. The number of nitrogens with zero attached hydrogens (tertiary/aromatic N) is 1. The van der Waals surface area contributed by atoms with Gasteiger partial charge < -0.3 is 5.32 Å². The van der Waals surface area contributed by atoms with Crippen molar-refractivity contribution < 1.29 is 26.4 Å². The molecule has 0 aliphatic rings. The van der Waals surface area contributed by atoms with E-state index in [1.807, 2.05) is 16.8 Å². The van der Waals surface area contributed by atoms with E-state index in [0.29, 0.717) is 0 Å². The lowest BCUT2D eigenvalue weighted by Gasteiger charge is -2.17. The van der Waals surface area contributed by atoms with Crippen molar-refractivity contribution in [3.8, 4) is 0 Å². The second kappa shape index (κ2) is 7.54. The third-order valence-electron chi connectivity index (χ3n) is 3.26. The van der Waals surface area contributed by atoms with Crippen LogP contribution in [0.25, 0.3) is 0 Å². The van der Waals surface area contributed by atoms with Crippen molar-refractivity contribution in [2.45, 2.75) is 17.6 Å². The summed E-state index contributed by atoms with van der Waals surface area (Å²) in [6.45, 7) is -1.26. The summed E-state index contributed by atoms with van der Waals surface area (Å²) < 4.78 is 62.4. The lowest BCUT2D eigenvalue weighted by atomic mass is 10.2. The van der Waals surface area contributed by atoms with E-state index in [2.05, 4.69) is 0 Å². The second-order valence-electron chi connectivity index (χ2n) is 5.21. The van der Waals surface area contributed by atoms with Crippen LogP contribution in [0.2, 0.25) is 0 Å². The zero-order chi connectivity index (χ0) is 18.7. The van der Waals surface area contributed by atoms with Gasteiger partial charge in [0.2, 0.25) is 10.0 Å². The molecule has 0 radical (unpaired) electrons. The van der Waals surface area contributed by atoms with Gasteiger partial charge >= 0.3 is 6.18 Å². The Hall–Kier alpha value is -1.91. The van der Waals surface area contributed by atoms with Crippen molar-refractivity contribution in [2.75, 3.05) is 13.6 Å². The molecule has 25 heavy (non-hydrogen) atoms. The minimum atomic E-state index is -4.51. The Morgan fingerprint density at radius 3 is 2.36 bits per heavy atom. The smallest absolute Gasteiger partial charge is 0.343 e. The van der Waals surface area contributed by atoms with Crippen LogP contribution in [0.5, 0.6) is 0 Å². The maximum atomic E-state index is 12.5. The molecule has 1 aromatic carbocycles. The van der Waals surface area contributed by atoms with E-state index < -0.39 is 28.7 Å². The predicted octanol–water partition coefficient (Wildman–Crippen LogP) is 2.86. The average Bonchev–Trinajstić information content (AvgIpc) is 3.05. The van der Waals surface area contributed by atoms with Crippen LogP contribution in [0.15, 0.2) is 46.0 Å². The predicted molar refractivity (Wildman–Crippen MR) is 87.8 cm³/mol. The molecule has 1 N–H and O–H groups in total. The zero-order valence-corrected chi connectivity index (χ0v) is 14.7. The number of hydrogen-bond acceptors (Lipinski definition) is 4. The number of rotatable bonds is 6. The van der Waals surface area contributed by atoms with Crippen LogP contribution < -0.4 is 5.32 Å². The fourth-order valence-electron chi connectivity index (χ4n) is 1.97. The maximum absolute atomic E-state index is 12.5. The molecular weight excluding hydrogens is 377 g/mol. The Kier molecular flexibility index (Phi) is 5.86. The summed E-state index contributed by atoms with van der Waals surface area (Å²) in [5.41, 5.74) is 0.794. The number of carbonyl (C=O) groups is 1. The van der Waals surface area contributed by atoms with Gasteiger partial charge in [-0.05, 0) is 46.7 Å². The monoisotopic (exact) mass is 392 g/mol. The molecule has 2 rings (SSSR count). The van der Waals surface area contributed by atoms with Crippen molar-refractivity contribution in [1.82, 2.24) is 9.62 Å². The van der Waals surface area contributed by atoms with E-state index in [0.717, 1.165) is 9.87 Å². The summed E-state index contributed by atoms with van der Waals surface area (Å²) in [6.07, 6.45) is -4.51. The van der Waals surface area contributed by atoms with Gasteiger partial charge in [-0.1, -0.05) is 0 Å². The van der Waals surface area contributed by atoms with E-state index in [9.17, 15) is 26.4 Å². The van der Waals surface area contributed by atoms with Gasteiger partial charge in [0.1, 0.15) is 6.54 Å². The van der Waals surface area contributed by atoms with Crippen LogP contribution >= 0.6 is 11.3 Å². The Bertz CT molecular complexity index is 817. The van der Waals surface area contributed by atoms with Crippen molar-refractivity contribution >= 4 is 27.3 Å². The Balaban J connectivity index is 2.08.